The fourth-order valence-electron chi connectivity index (χ4n) is 3.10. The van der Waals surface area contributed by atoms with Gasteiger partial charge in [-0.05, 0) is 54.1 Å². The Kier molecular flexibility index (Phi) is 4.85. The Balaban J connectivity index is 1.65. The van der Waals surface area contributed by atoms with Gasteiger partial charge in [-0.3, -0.25) is 19.3 Å². The van der Waals surface area contributed by atoms with Gasteiger partial charge in [0.25, 0.3) is 15.6 Å². The van der Waals surface area contributed by atoms with Gasteiger partial charge in [-0.1, -0.05) is 18.2 Å². The maximum Gasteiger partial charge on any atom is 0.272 e. The molecule has 1 aromatic heterocycles. The number of aromatic nitrogens is 2. The zero-order chi connectivity index (χ0) is 21.3. The molecule has 0 saturated carbocycles. The summed E-state index contributed by atoms with van der Waals surface area (Å²) >= 11 is 0. The summed E-state index contributed by atoms with van der Waals surface area (Å²) in [5.74, 6) is -0.346. The molecule has 2 N–H and O–H groups in total. The standard InChI is InChI=1S/C21H15FN4O3S/c22-16-6-4-14(5-7-16)13-26-20-9-8-17(11-19(20)21(27)24-26)25-30(28,29)18-3-1-2-15(10-18)12-23/h1-11,25H,13H2,(H,24,27). The highest BCUT2D eigenvalue weighted by Gasteiger charge is 2.16. The van der Waals surface area contributed by atoms with Crippen molar-refractivity contribution in [3.05, 3.63) is 94.0 Å². The van der Waals surface area contributed by atoms with Gasteiger partial charge >= 0.3 is 0 Å². The maximum atomic E-state index is 13.1. The number of nitrogens with one attached hydrogen (secondary N) is 2. The van der Waals surface area contributed by atoms with Crippen LogP contribution < -0.4 is 10.3 Å². The second kappa shape index (κ2) is 7.50. The third kappa shape index (κ3) is 3.81. The highest BCUT2D eigenvalue weighted by Crippen LogP contribution is 2.21. The van der Waals surface area contributed by atoms with Gasteiger partial charge in [0.05, 0.1) is 34.0 Å². The van der Waals surface area contributed by atoms with Crippen molar-refractivity contribution in [1.29, 1.82) is 5.26 Å². The van der Waals surface area contributed by atoms with Crippen molar-refractivity contribution in [3.8, 4) is 6.07 Å². The molecule has 4 rings (SSSR count). The van der Waals surface area contributed by atoms with E-state index in [0.717, 1.165) is 5.56 Å². The predicted octanol–water partition coefficient (Wildman–Crippen LogP) is 3.19. The molecule has 4 aromatic rings. The van der Waals surface area contributed by atoms with E-state index in [1.165, 1.54) is 42.5 Å². The Morgan fingerprint density at radius 2 is 1.83 bits per heavy atom. The molecule has 0 bridgehead atoms. The number of sulfonamides is 1. The normalized spacial score (nSPS) is 11.3. The summed E-state index contributed by atoms with van der Waals surface area (Å²) in [7, 11) is -3.93. The van der Waals surface area contributed by atoms with E-state index < -0.39 is 10.0 Å². The third-order valence-electron chi connectivity index (χ3n) is 4.55. The minimum Gasteiger partial charge on any atom is -0.280 e. The van der Waals surface area contributed by atoms with Crippen LogP contribution in [0.4, 0.5) is 10.1 Å². The Labute approximate surface area is 171 Å². The molecule has 30 heavy (non-hydrogen) atoms. The summed E-state index contributed by atoms with van der Waals surface area (Å²) in [6.07, 6.45) is 0. The van der Waals surface area contributed by atoms with E-state index >= 15 is 0 Å². The first kappa shape index (κ1) is 19.4. The Bertz CT molecular complexity index is 1450. The largest absolute Gasteiger partial charge is 0.280 e. The lowest BCUT2D eigenvalue weighted by atomic mass is 10.2. The molecular formula is C21H15FN4O3S. The van der Waals surface area contributed by atoms with Crippen molar-refractivity contribution in [2.75, 3.05) is 4.72 Å². The van der Waals surface area contributed by atoms with Crippen LogP contribution in [0.2, 0.25) is 0 Å². The van der Waals surface area contributed by atoms with E-state index in [1.54, 1.807) is 28.9 Å². The number of aromatic amines is 1. The molecule has 0 amide bonds. The van der Waals surface area contributed by atoms with Crippen LogP contribution in [0.15, 0.2) is 76.4 Å². The molecule has 1 heterocycles. The minimum atomic E-state index is -3.93. The van der Waals surface area contributed by atoms with Crippen molar-refractivity contribution in [1.82, 2.24) is 9.78 Å². The average molecular weight is 422 g/mol. The molecule has 0 spiro atoms. The molecule has 0 aliphatic rings. The summed E-state index contributed by atoms with van der Waals surface area (Å²) in [5, 5.41) is 12.0. The maximum absolute atomic E-state index is 13.1. The van der Waals surface area contributed by atoms with Crippen molar-refractivity contribution < 1.29 is 12.8 Å². The van der Waals surface area contributed by atoms with Gasteiger partial charge < -0.3 is 0 Å². The van der Waals surface area contributed by atoms with Gasteiger partial charge in [0.2, 0.25) is 0 Å². The first-order valence-corrected chi connectivity index (χ1v) is 10.3. The predicted molar refractivity (Wildman–Crippen MR) is 110 cm³/mol. The monoisotopic (exact) mass is 422 g/mol. The topological polar surface area (TPSA) is 108 Å². The summed E-state index contributed by atoms with van der Waals surface area (Å²) in [4.78, 5) is 12.3. The summed E-state index contributed by atoms with van der Waals surface area (Å²) < 4.78 is 42.4. The smallest absolute Gasteiger partial charge is 0.272 e. The molecule has 9 heteroatoms. The van der Waals surface area contributed by atoms with E-state index in [4.69, 9.17) is 5.26 Å². The molecule has 0 unspecified atom stereocenters. The Hall–Kier alpha value is -3.90. The van der Waals surface area contributed by atoms with Crippen LogP contribution in [0.25, 0.3) is 10.9 Å². The number of benzene rings is 3. The third-order valence-corrected chi connectivity index (χ3v) is 5.93. The molecule has 150 valence electrons. The fraction of sp³-hybridized carbons (Fsp3) is 0.0476. The number of halogens is 1. The number of nitrogens with zero attached hydrogens (tertiary/aromatic N) is 2. The van der Waals surface area contributed by atoms with E-state index in [1.807, 2.05) is 6.07 Å². The van der Waals surface area contributed by atoms with E-state index in [2.05, 4.69) is 9.82 Å². The molecule has 0 radical (unpaired) electrons. The molecule has 0 aliphatic carbocycles. The van der Waals surface area contributed by atoms with Gasteiger partial charge in [-0.15, -0.1) is 0 Å². The van der Waals surface area contributed by atoms with Gasteiger partial charge in [-0.25, -0.2) is 12.8 Å². The van der Waals surface area contributed by atoms with E-state index in [9.17, 15) is 17.6 Å². The average Bonchev–Trinajstić information content (AvgIpc) is 3.04. The second-order valence-corrected chi connectivity index (χ2v) is 8.31. The zero-order valence-electron chi connectivity index (χ0n) is 15.5. The fourth-order valence-corrected chi connectivity index (χ4v) is 4.20. The van der Waals surface area contributed by atoms with Crippen molar-refractivity contribution in [2.24, 2.45) is 0 Å². The summed E-state index contributed by atoms with van der Waals surface area (Å²) in [5.41, 5.74) is 1.45. The molecule has 3 aromatic carbocycles. The number of anilines is 1. The summed E-state index contributed by atoms with van der Waals surface area (Å²) in [6, 6.07) is 18.1. The minimum absolute atomic E-state index is 0.0514. The molecular weight excluding hydrogens is 407 g/mol. The Morgan fingerprint density at radius 1 is 1.07 bits per heavy atom. The highest BCUT2D eigenvalue weighted by atomic mass is 32.2. The first-order chi connectivity index (χ1) is 14.4. The summed E-state index contributed by atoms with van der Waals surface area (Å²) in [6.45, 7) is 0.324. The van der Waals surface area contributed by atoms with Gasteiger partial charge in [-0.2, -0.15) is 5.26 Å². The lowest BCUT2D eigenvalue weighted by Crippen LogP contribution is -2.13. The number of H-pyrrole nitrogens is 1. The van der Waals surface area contributed by atoms with E-state index in [0.29, 0.717) is 17.4 Å². The van der Waals surface area contributed by atoms with Crippen LogP contribution in [0.5, 0.6) is 0 Å². The van der Waals surface area contributed by atoms with Gasteiger partial charge in [0.1, 0.15) is 5.82 Å². The number of nitriles is 1. The van der Waals surface area contributed by atoms with Gasteiger partial charge in [0, 0.05) is 5.69 Å². The van der Waals surface area contributed by atoms with Crippen LogP contribution in [0, 0.1) is 17.1 Å². The van der Waals surface area contributed by atoms with Crippen molar-refractivity contribution >= 4 is 26.6 Å². The second-order valence-electron chi connectivity index (χ2n) is 6.63. The number of rotatable bonds is 5. The van der Waals surface area contributed by atoms with Crippen LogP contribution in [0.1, 0.15) is 11.1 Å². The molecule has 0 fully saturated rings. The van der Waals surface area contributed by atoms with Crippen LogP contribution >= 0.6 is 0 Å². The van der Waals surface area contributed by atoms with Gasteiger partial charge in [0.15, 0.2) is 0 Å². The molecule has 0 aliphatic heterocycles. The quantitative estimate of drug-likeness (QED) is 0.515. The highest BCUT2D eigenvalue weighted by molar-refractivity contribution is 7.92. The number of fused-ring (bicyclic) bond motifs is 1. The lowest BCUT2D eigenvalue weighted by Gasteiger charge is -2.09. The first-order valence-electron chi connectivity index (χ1n) is 8.86. The molecule has 0 atom stereocenters. The Morgan fingerprint density at radius 3 is 2.57 bits per heavy atom. The zero-order valence-corrected chi connectivity index (χ0v) is 16.3. The van der Waals surface area contributed by atoms with Crippen LogP contribution in [-0.4, -0.2) is 18.2 Å². The molecule has 7 nitrogen and oxygen atoms in total. The van der Waals surface area contributed by atoms with Crippen molar-refractivity contribution in [3.63, 3.8) is 0 Å². The van der Waals surface area contributed by atoms with E-state index in [-0.39, 0.29) is 27.5 Å². The number of hydrogen-bond acceptors (Lipinski definition) is 4. The van der Waals surface area contributed by atoms with Crippen LogP contribution in [-0.2, 0) is 16.6 Å². The SMILES string of the molecule is N#Cc1cccc(S(=O)(=O)Nc2ccc3c(c2)c(=O)[nH]n3Cc2ccc(F)cc2)c1. The molecule has 0 saturated heterocycles. The van der Waals surface area contributed by atoms with Crippen molar-refractivity contribution in [2.45, 2.75) is 11.4 Å². The lowest BCUT2D eigenvalue weighted by molar-refractivity contribution is 0.601. The van der Waals surface area contributed by atoms with Crippen LogP contribution in [0.3, 0.4) is 0 Å². The number of hydrogen-bond donors (Lipinski definition) is 2.